The minimum atomic E-state index is -0.214. The smallest absolute Gasteiger partial charge is 0.152 e. The second kappa shape index (κ2) is 8.15. The van der Waals surface area contributed by atoms with Gasteiger partial charge >= 0.3 is 0 Å². The average Bonchev–Trinajstić information content (AvgIpc) is 3.04. The van der Waals surface area contributed by atoms with Gasteiger partial charge in [0.05, 0.1) is 53.4 Å². The van der Waals surface area contributed by atoms with E-state index >= 15 is 0 Å². The van der Waals surface area contributed by atoms with E-state index in [1.165, 1.54) is 0 Å². The number of anilines is 1. The summed E-state index contributed by atoms with van der Waals surface area (Å²) in [5.74, 6) is 1.27. The summed E-state index contributed by atoms with van der Waals surface area (Å²) >= 11 is 12.6. The summed E-state index contributed by atoms with van der Waals surface area (Å²) in [6.07, 6.45) is 4.83. The van der Waals surface area contributed by atoms with Crippen LogP contribution in [-0.2, 0) is 11.3 Å². The van der Waals surface area contributed by atoms with Crippen LogP contribution in [0.25, 0.3) is 11.3 Å². The topological polar surface area (TPSA) is 67.7 Å². The number of aliphatic hydroxyl groups is 1. The second-order valence-corrected chi connectivity index (χ2v) is 9.62. The molecule has 2 aromatic rings. The van der Waals surface area contributed by atoms with Gasteiger partial charge in [0.15, 0.2) is 5.82 Å². The summed E-state index contributed by atoms with van der Waals surface area (Å²) in [7, 11) is 1.56. The number of aliphatic hydroxyl groups excluding tert-OH is 1. The van der Waals surface area contributed by atoms with Crippen molar-refractivity contribution < 1.29 is 14.6 Å². The molecule has 4 rings (SSSR count). The van der Waals surface area contributed by atoms with Crippen LogP contribution in [0.4, 0.5) is 5.82 Å². The van der Waals surface area contributed by atoms with Gasteiger partial charge in [-0.25, -0.2) is 9.97 Å². The van der Waals surface area contributed by atoms with E-state index in [1.54, 1.807) is 25.4 Å². The molecular formula is C22H27Cl2N3O3. The number of aromatic nitrogens is 2. The van der Waals surface area contributed by atoms with Crippen LogP contribution in [0.3, 0.4) is 0 Å². The molecule has 0 unspecified atom stereocenters. The molecule has 1 N–H and O–H groups in total. The molecule has 0 radical (unpaired) electrons. The van der Waals surface area contributed by atoms with Gasteiger partial charge in [-0.05, 0) is 50.7 Å². The fourth-order valence-electron chi connectivity index (χ4n) is 4.72. The lowest BCUT2D eigenvalue weighted by Gasteiger charge is -2.39. The standard InChI is InChI=1S/C22H27Cl2N3O3/c1-21(2)12-22(13-30-21)6-8-27(9-7-22)20-16(11-28)26-15(10-25-20)18-17(29-3)5-4-14(23)19(18)24/h4-5,10,28H,6-9,11-13H2,1-3H3. The fraction of sp³-hybridized carbons (Fsp3) is 0.545. The highest BCUT2D eigenvalue weighted by Gasteiger charge is 2.46. The summed E-state index contributed by atoms with van der Waals surface area (Å²) < 4.78 is 11.4. The van der Waals surface area contributed by atoms with Crippen LogP contribution >= 0.6 is 23.2 Å². The van der Waals surface area contributed by atoms with Gasteiger partial charge in [-0.15, -0.1) is 0 Å². The van der Waals surface area contributed by atoms with Crippen LogP contribution < -0.4 is 9.64 Å². The first kappa shape index (κ1) is 21.6. The molecule has 0 atom stereocenters. The van der Waals surface area contributed by atoms with Crippen LogP contribution in [0.15, 0.2) is 18.3 Å². The molecule has 0 saturated carbocycles. The van der Waals surface area contributed by atoms with Crippen molar-refractivity contribution in [3.63, 3.8) is 0 Å². The number of ether oxygens (including phenoxy) is 2. The Morgan fingerprint density at radius 2 is 1.97 bits per heavy atom. The van der Waals surface area contributed by atoms with Gasteiger partial charge < -0.3 is 19.5 Å². The van der Waals surface area contributed by atoms with Gasteiger partial charge in [0.2, 0.25) is 0 Å². The first-order chi connectivity index (χ1) is 14.3. The third-order valence-electron chi connectivity index (χ3n) is 6.20. The molecule has 1 aromatic heterocycles. The molecule has 1 aromatic carbocycles. The van der Waals surface area contributed by atoms with Crippen molar-refractivity contribution in [3.05, 3.63) is 34.1 Å². The van der Waals surface area contributed by atoms with Crippen molar-refractivity contribution >= 4 is 29.0 Å². The Labute approximate surface area is 187 Å². The number of piperidine rings is 1. The van der Waals surface area contributed by atoms with Crippen LogP contribution in [0.1, 0.15) is 38.8 Å². The van der Waals surface area contributed by atoms with Crippen molar-refractivity contribution in [1.82, 2.24) is 9.97 Å². The third kappa shape index (κ3) is 3.98. The van der Waals surface area contributed by atoms with Crippen molar-refractivity contribution in [2.24, 2.45) is 5.41 Å². The lowest BCUT2D eigenvalue weighted by molar-refractivity contribution is 0.0295. The van der Waals surface area contributed by atoms with Gasteiger partial charge in [0, 0.05) is 13.1 Å². The largest absolute Gasteiger partial charge is 0.496 e. The van der Waals surface area contributed by atoms with Crippen molar-refractivity contribution in [2.45, 2.75) is 45.3 Å². The number of hydrogen-bond donors (Lipinski definition) is 1. The maximum absolute atomic E-state index is 10.0. The zero-order valence-electron chi connectivity index (χ0n) is 17.5. The van der Waals surface area contributed by atoms with Crippen molar-refractivity contribution in [1.29, 1.82) is 0 Å². The molecule has 2 fully saturated rings. The summed E-state index contributed by atoms with van der Waals surface area (Å²) in [4.78, 5) is 11.5. The molecular weight excluding hydrogens is 425 g/mol. The minimum Gasteiger partial charge on any atom is -0.496 e. The molecule has 3 heterocycles. The van der Waals surface area contributed by atoms with Gasteiger partial charge in [0.25, 0.3) is 0 Å². The Balaban J connectivity index is 1.60. The first-order valence-electron chi connectivity index (χ1n) is 10.2. The Kier molecular flexibility index (Phi) is 5.88. The van der Waals surface area contributed by atoms with Gasteiger partial charge in [-0.1, -0.05) is 23.2 Å². The highest BCUT2D eigenvalue weighted by atomic mass is 35.5. The SMILES string of the molecule is COc1ccc(Cl)c(Cl)c1-c1cnc(N2CCC3(CC2)COC(C)(C)C3)c(CO)n1. The van der Waals surface area contributed by atoms with Crippen LogP contribution in [-0.4, -0.2) is 47.5 Å². The molecule has 6 nitrogen and oxygen atoms in total. The summed E-state index contributed by atoms with van der Waals surface area (Å²) in [6.45, 7) is 6.66. The van der Waals surface area contributed by atoms with Crippen molar-refractivity contribution in [3.8, 4) is 17.0 Å². The van der Waals surface area contributed by atoms with E-state index in [-0.39, 0.29) is 17.6 Å². The highest BCUT2D eigenvalue weighted by Crippen LogP contribution is 2.47. The Bertz CT molecular complexity index is 943. The van der Waals surface area contributed by atoms with Crippen LogP contribution in [0.2, 0.25) is 10.0 Å². The lowest BCUT2D eigenvalue weighted by Crippen LogP contribution is -2.41. The van der Waals surface area contributed by atoms with Gasteiger partial charge in [-0.2, -0.15) is 0 Å². The van der Waals surface area contributed by atoms with Crippen molar-refractivity contribution in [2.75, 3.05) is 31.7 Å². The van der Waals surface area contributed by atoms with E-state index in [1.807, 2.05) is 0 Å². The number of halogens is 2. The monoisotopic (exact) mass is 451 g/mol. The summed E-state index contributed by atoms with van der Waals surface area (Å²) in [5.41, 5.74) is 1.81. The number of methoxy groups -OCH3 is 1. The Morgan fingerprint density at radius 3 is 2.57 bits per heavy atom. The Morgan fingerprint density at radius 1 is 1.23 bits per heavy atom. The molecule has 0 aliphatic carbocycles. The van der Waals surface area contributed by atoms with Crippen LogP contribution in [0, 0.1) is 5.41 Å². The molecule has 0 amide bonds. The molecule has 1 spiro atoms. The minimum absolute atomic E-state index is 0.0465. The zero-order valence-corrected chi connectivity index (χ0v) is 19.1. The van der Waals surface area contributed by atoms with Gasteiger partial charge in [-0.3, -0.25) is 0 Å². The number of rotatable bonds is 4. The predicted octanol–water partition coefficient (Wildman–Crippen LogP) is 4.74. The third-order valence-corrected chi connectivity index (χ3v) is 7.00. The average molecular weight is 452 g/mol. The first-order valence-corrected chi connectivity index (χ1v) is 10.9. The van der Waals surface area contributed by atoms with E-state index in [0.29, 0.717) is 38.6 Å². The van der Waals surface area contributed by atoms with E-state index in [9.17, 15) is 5.11 Å². The molecule has 30 heavy (non-hydrogen) atoms. The van der Waals surface area contributed by atoms with E-state index in [2.05, 4.69) is 28.7 Å². The number of benzene rings is 1. The lowest BCUT2D eigenvalue weighted by atomic mass is 9.74. The highest BCUT2D eigenvalue weighted by molar-refractivity contribution is 6.44. The molecule has 2 saturated heterocycles. The van der Waals surface area contributed by atoms with Gasteiger partial charge in [0.1, 0.15) is 11.4 Å². The summed E-state index contributed by atoms with van der Waals surface area (Å²) in [6, 6.07) is 3.42. The summed E-state index contributed by atoms with van der Waals surface area (Å²) in [5, 5.41) is 10.8. The molecule has 162 valence electrons. The molecule has 2 aliphatic rings. The zero-order chi connectivity index (χ0) is 21.5. The quantitative estimate of drug-likeness (QED) is 0.723. The predicted molar refractivity (Wildman–Crippen MR) is 118 cm³/mol. The number of nitrogens with zero attached hydrogens (tertiary/aromatic N) is 3. The van der Waals surface area contributed by atoms with E-state index in [4.69, 9.17) is 32.7 Å². The van der Waals surface area contributed by atoms with E-state index in [0.717, 1.165) is 39.0 Å². The Hall–Kier alpha value is -1.60. The van der Waals surface area contributed by atoms with Crippen LogP contribution in [0.5, 0.6) is 5.75 Å². The number of hydrogen-bond acceptors (Lipinski definition) is 6. The molecule has 0 bridgehead atoms. The fourth-order valence-corrected chi connectivity index (χ4v) is 5.13. The normalized spacial score (nSPS) is 20.0. The molecule has 8 heteroatoms. The van der Waals surface area contributed by atoms with E-state index < -0.39 is 0 Å². The second-order valence-electron chi connectivity index (χ2n) is 8.83. The molecule has 2 aliphatic heterocycles. The maximum Gasteiger partial charge on any atom is 0.152 e. The maximum atomic E-state index is 10.0.